The number of thioether (sulfide) groups is 1. The molecule has 1 rings (SSSR count). The number of carbonyl (C=O) groups excluding carboxylic acids is 2. The second kappa shape index (κ2) is 6.97. The van der Waals surface area contributed by atoms with Gasteiger partial charge in [-0.3, -0.25) is 14.4 Å². The van der Waals surface area contributed by atoms with Crippen LogP contribution >= 0.6 is 11.8 Å². The number of rotatable bonds is 6. The first-order valence-electron chi connectivity index (χ1n) is 6.63. The van der Waals surface area contributed by atoms with Gasteiger partial charge in [-0.05, 0) is 5.41 Å². The van der Waals surface area contributed by atoms with Crippen LogP contribution < -0.4 is 5.32 Å². The zero-order valence-electron chi connectivity index (χ0n) is 12.1. The largest absolute Gasteiger partial charge is 0.481 e. The van der Waals surface area contributed by atoms with Gasteiger partial charge in [-0.15, -0.1) is 0 Å². The average molecular weight is 302 g/mol. The van der Waals surface area contributed by atoms with E-state index in [0.29, 0.717) is 13.1 Å². The summed E-state index contributed by atoms with van der Waals surface area (Å²) in [7, 11) is 0. The first-order valence-corrected chi connectivity index (χ1v) is 7.61. The third-order valence-electron chi connectivity index (χ3n) is 3.21. The van der Waals surface area contributed by atoms with Crippen molar-refractivity contribution in [1.82, 2.24) is 10.2 Å². The Morgan fingerprint density at radius 2 is 2.10 bits per heavy atom. The van der Waals surface area contributed by atoms with Crippen LogP contribution in [0.3, 0.4) is 0 Å². The molecule has 0 aromatic carbocycles. The Bertz CT molecular complexity index is 392. The zero-order chi connectivity index (χ0) is 15.3. The van der Waals surface area contributed by atoms with Crippen LogP contribution in [0.15, 0.2) is 0 Å². The van der Waals surface area contributed by atoms with Crippen molar-refractivity contribution in [2.24, 2.45) is 5.41 Å². The number of carboxylic acids is 1. The van der Waals surface area contributed by atoms with Gasteiger partial charge in [0.25, 0.3) is 5.24 Å². The normalized spacial score (nSPS) is 17.1. The van der Waals surface area contributed by atoms with E-state index in [-0.39, 0.29) is 29.4 Å². The Morgan fingerprint density at radius 1 is 1.45 bits per heavy atom. The van der Waals surface area contributed by atoms with Crippen molar-refractivity contribution in [3.05, 3.63) is 0 Å². The molecule has 0 bridgehead atoms. The van der Waals surface area contributed by atoms with Gasteiger partial charge in [0.2, 0.25) is 5.91 Å². The van der Waals surface area contributed by atoms with Gasteiger partial charge >= 0.3 is 5.97 Å². The van der Waals surface area contributed by atoms with E-state index in [0.717, 1.165) is 5.75 Å². The molecule has 6 nitrogen and oxygen atoms in total. The van der Waals surface area contributed by atoms with Crippen LogP contribution in [0.25, 0.3) is 0 Å². The molecule has 1 unspecified atom stereocenters. The van der Waals surface area contributed by atoms with Crippen LogP contribution in [-0.2, 0) is 9.59 Å². The molecular formula is C13H22N2O4S. The lowest BCUT2D eigenvalue weighted by atomic mass is 9.84. The summed E-state index contributed by atoms with van der Waals surface area (Å²) in [4.78, 5) is 35.8. The summed E-state index contributed by atoms with van der Waals surface area (Å²) < 4.78 is 0. The average Bonchev–Trinajstić information content (AvgIpc) is 2.69. The highest BCUT2D eigenvalue weighted by Crippen LogP contribution is 2.22. The number of hydrogen-bond acceptors (Lipinski definition) is 4. The van der Waals surface area contributed by atoms with E-state index >= 15 is 0 Å². The van der Waals surface area contributed by atoms with Gasteiger partial charge in [0.1, 0.15) is 0 Å². The number of carbonyl (C=O) groups is 3. The third-order valence-corrected chi connectivity index (χ3v) is 4.10. The number of carboxylic acid groups (broad SMARTS) is 1. The number of aliphatic carboxylic acids is 1. The molecular weight excluding hydrogens is 280 g/mol. The fraction of sp³-hybridized carbons (Fsp3) is 0.769. The zero-order valence-corrected chi connectivity index (χ0v) is 13.0. The quantitative estimate of drug-likeness (QED) is 0.777. The van der Waals surface area contributed by atoms with E-state index < -0.39 is 12.0 Å². The van der Waals surface area contributed by atoms with E-state index in [1.54, 1.807) is 4.90 Å². The highest BCUT2D eigenvalue weighted by Gasteiger charge is 2.29. The molecule has 0 spiro atoms. The molecule has 0 saturated carbocycles. The fourth-order valence-corrected chi connectivity index (χ4v) is 2.73. The Kier molecular flexibility index (Phi) is 5.86. The van der Waals surface area contributed by atoms with Crippen LogP contribution in [0.4, 0.5) is 4.79 Å². The first-order chi connectivity index (χ1) is 9.20. The van der Waals surface area contributed by atoms with Crippen LogP contribution in [0.2, 0.25) is 0 Å². The van der Waals surface area contributed by atoms with E-state index in [2.05, 4.69) is 5.32 Å². The Morgan fingerprint density at radius 3 is 2.55 bits per heavy atom. The molecule has 1 saturated heterocycles. The monoisotopic (exact) mass is 302 g/mol. The van der Waals surface area contributed by atoms with Crippen molar-refractivity contribution >= 4 is 28.9 Å². The molecule has 0 aromatic heterocycles. The maximum Gasteiger partial charge on any atom is 0.305 e. The predicted molar refractivity (Wildman–Crippen MR) is 77.7 cm³/mol. The lowest BCUT2D eigenvalue weighted by Gasteiger charge is -2.30. The Hall–Kier alpha value is -1.24. The second-order valence-electron chi connectivity index (χ2n) is 5.94. The summed E-state index contributed by atoms with van der Waals surface area (Å²) in [6.45, 7) is 6.74. The molecule has 2 N–H and O–H groups in total. The van der Waals surface area contributed by atoms with Crippen LogP contribution in [0.5, 0.6) is 0 Å². The number of amides is 2. The Balaban J connectivity index is 2.45. The molecule has 20 heavy (non-hydrogen) atoms. The van der Waals surface area contributed by atoms with E-state index in [1.165, 1.54) is 11.8 Å². The molecule has 114 valence electrons. The third kappa shape index (κ3) is 5.40. The highest BCUT2D eigenvalue weighted by atomic mass is 32.2. The minimum absolute atomic E-state index is 0.00991. The summed E-state index contributed by atoms with van der Waals surface area (Å²) in [5.41, 5.74) is -0.326. The van der Waals surface area contributed by atoms with Crippen molar-refractivity contribution in [2.45, 2.75) is 39.7 Å². The molecule has 0 aliphatic carbocycles. The molecule has 1 aliphatic heterocycles. The minimum Gasteiger partial charge on any atom is -0.481 e. The second-order valence-corrected chi connectivity index (χ2v) is 6.98. The molecule has 2 amide bonds. The van der Waals surface area contributed by atoms with Crippen LogP contribution in [-0.4, -0.2) is 52.0 Å². The molecule has 0 aromatic rings. The molecule has 7 heteroatoms. The number of hydrogen-bond donors (Lipinski definition) is 2. The van der Waals surface area contributed by atoms with E-state index in [1.807, 2.05) is 20.8 Å². The summed E-state index contributed by atoms with van der Waals surface area (Å²) in [6.07, 6.45) is 0.103. The smallest absolute Gasteiger partial charge is 0.305 e. The van der Waals surface area contributed by atoms with E-state index in [4.69, 9.17) is 5.11 Å². The number of nitrogens with one attached hydrogen (secondary N) is 1. The summed E-state index contributed by atoms with van der Waals surface area (Å²) >= 11 is 1.26. The van der Waals surface area contributed by atoms with Crippen molar-refractivity contribution in [3.63, 3.8) is 0 Å². The first kappa shape index (κ1) is 16.8. The van der Waals surface area contributed by atoms with E-state index in [9.17, 15) is 14.4 Å². The van der Waals surface area contributed by atoms with Crippen LogP contribution in [0, 0.1) is 5.41 Å². The van der Waals surface area contributed by atoms with Crippen molar-refractivity contribution in [2.75, 3.05) is 18.8 Å². The minimum atomic E-state index is -0.934. The maximum atomic E-state index is 11.9. The van der Waals surface area contributed by atoms with Crippen molar-refractivity contribution in [1.29, 1.82) is 0 Å². The van der Waals surface area contributed by atoms with Gasteiger partial charge in [0.15, 0.2) is 0 Å². The van der Waals surface area contributed by atoms with Gasteiger partial charge in [-0.25, -0.2) is 0 Å². The van der Waals surface area contributed by atoms with Crippen molar-refractivity contribution in [3.8, 4) is 0 Å². The Labute approximate surface area is 123 Å². The lowest BCUT2D eigenvalue weighted by Crippen LogP contribution is -2.45. The molecule has 1 fully saturated rings. The molecule has 1 atom stereocenters. The highest BCUT2D eigenvalue weighted by molar-refractivity contribution is 8.13. The summed E-state index contributed by atoms with van der Waals surface area (Å²) in [6, 6.07) is -0.420. The molecule has 1 heterocycles. The predicted octanol–water partition coefficient (Wildman–Crippen LogP) is 1.55. The van der Waals surface area contributed by atoms with Gasteiger partial charge < -0.3 is 15.3 Å². The molecule has 0 radical (unpaired) electrons. The van der Waals surface area contributed by atoms with Gasteiger partial charge in [0, 0.05) is 31.3 Å². The topological polar surface area (TPSA) is 86.7 Å². The van der Waals surface area contributed by atoms with Crippen LogP contribution in [0.1, 0.15) is 33.6 Å². The van der Waals surface area contributed by atoms with Crippen molar-refractivity contribution < 1.29 is 19.5 Å². The van der Waals surface area contributed by atoms with Gasteiger partial charge in [0.05, 0.1) is 6.42 Å². The summed E-state index contributed by atoms with van der Waals surface area (Å²) in [5, 5.41) is 11.7. The molecule has 1 aliphatic rings. The SMILES string of the molecule is CC(C)(C)C(CC(=O)O)NC(=O)CCN1CCSC1=O. The van der Waals surface area contributed by atoms with Gasteiger partial charge in [-0.1, -0.05) is 32.5 Å². The van der Waals surface area contributed by atoms with Gasteiger partial charge in [-0.2, -0.15) is 0 Å². The lowest BCUT2D eigenvalue weighted by molar-refractivity contribution is -0.138. The standard InChI is InChI=1S/C13H22N2O4S/c1-13(2,3)9(8-11(17)18)14-10(16)4-5-15-6-7-20-12(15)19/h9H,4-8H2,1-3H3,(H,14,16)(H,17,18). The maximum absolute atomic E-state index is 11.9. The number of nitrogens with zero attached hydrogens (tertiary/aromatic N) is 1. The fourth-order valence-electron chi connectivity index (χ4n) is 1.88. The summed E-state index contributed by atoms with van der Waals surface area (Å²) in [5.74, 6) is -0.378.